The number of nitro benzene ring substituents is 1. The number of halogens is 2. The lowest BCUT2D eigenvalue weighted by atomic mass is 10.2. The second kappa shape index (κ2) is 8.39. The fraction of sp³-hybridized carbons (Fsp3) is 0.176. The van der Waals surface area contributed by atoms with Gasteiger partial charge in [-0.1, -0.05) is 11.6 Å². The molecule has 2 aromatic rings. The first-order valence-electron chi connectivity index (χ1n) is 7.50. The summed E-state index contributed by atoms with van der Waals surface area (Å²) in [5, 5.41) is 10.7. The van der Waals surface area contributed by atoms with E-state index in [-0.39, 0.29) is 17.1 Å². The number of carbonyl (C=O) groups excluding carboxylic acids is 2. The van der Waals surface area contributed by atoms with E-state index in [2.05, 4.69) is 0 Å². The summed E-state index contributed by atoms with van der Waals surface area (Å²) in [5.74, 6) is -1.85. The Morgan fingerprint density at radius 2 is 1.88 bits per heavy atom. The van der Waals surface area contributed by atoms with Gasteiger partial charge in [-0.3, -0.25) is 14.9 Å². The molecule has 0 aliphatic carbocycles. The van der Waals surface area contributed by atoms with E-state index in [9.17, 15) is 24.1 Å². The van der Waals surface area contributed by atoms with Crippen LogP contribution in [0, 0.1) is 15.9 Å². The number of nitrogens with zero attached hydrogens (tertiary/aromatic N) is 2. The zero-order valence-corrected chi connectivity index (χ0v) is 14.4. The predicted octanol–water partition coefficient (Wildman–Crippen LogP) is 3.60. The van der Waals surface area contributed by atoms with E-state index in [1.54, 1.807) is 6.92 Å². The van der Waals surface area contributed by atoms with Crippen molar-refractivity contribution in [3.05, 3.63) is 69.0 Å². The molecule has 0 radical (unpaired) electrons. The SMILES string of the molecule is CCN(C(=O)COC(=O)c1ccc(Cl)c([N+](=O)[O-])c1)c1ccc(F)cc1. The number of nitro groups is 1. The highest BCUT2D eigenvalue weighted by molar-refractivity contribution is 6.32. The molecule has 0 atom stereocenters. The van der Waals surface area contributed by atoms with Crippen LogP contribution in [0.5, 0.6) is 0 Å². The number of anilines is 1. The maximum atomic E-state index is 13.0. The summed E-state index contributed by atoms with van der Waals surface area (Å²) in [4.78, 5) is 35.7. The van der Waals surface area contributed by atoms with E-state index in [0.29, 0.717) is 5.69 Å². The monoisotopic (exact) mass is 380 g/mol. The number of rotatable bonds is 6. The lowest BCUT2D eigenvalue weighted by Gasteiger charge is -2.20. The Kier molecular flexibility index (Phi) is 6.24. The van der Waals surface area contributed by atoms with Crippen molar-refractivity contribution in [2.75, 3.05) is 18.1 Å². The van der Waals surface area contributed by atoms with Crippen molar-refractivity contribution in [3.8, 4) is 0 Å². The summed E-state index contributed by atoms with van der Waals surface area (Å²) in [6, 6.07) is 8.73. The van der Waals surface area contributed by atoms with Gasteiger partial charge in [-0.15, -0.1) is 0 Å². The Morgan fingerprint density at radius 3 is 2.46 bits per heavy atom. The van der Waals surface area contributed by atoms with Crippen molar-refractivity contribution in [3.63, 3.8) is 0 Å². The Hall–Kier alpha value is -3.00. The van der Waals surface area contributed by atoms with Gasteiger partial charge in [-0.25, -0.2) is 9.18 Å². The molecule has 0 spiro atoms. The Balaban J connectivity index is 2.06. The van der Waals surface area contributed by atoms with Crippen LogP contribution < -0.4 is 4.90 Å². The molecule has 136 valence electrons. The van der Waals surface area contributed by atoms with Crippen molar-refractivity contribution in [2.24, 2.45) is 0 Å². The molecule has 2 aromatic carbocycles. The first kappa shape index (κ1) is 19.3. The van der Waals surface area contributed by atoms with Crippen molar-refractivity contribution in [2.45, 2.75) is 6.92 Å². The highest BCUT2D eigenvalue weighted by Gasteiger charge is 2.20. The summed E-state index contributed by atoms with van der Waals surface area (Å²) in [7, 11) is 0. The maximum absolute atomic E-state index is 13.0. The Labute approximate surface area is 153 Å². The molecule has 0 aliphatic rings. The third kappa shape index (κ3) is 4.54. The minimum absolute atomic E-state index is 0.0984. The predicted molar refractivity (Wildman–Crippen MR) is 92.8 cm³/mol. The van der Waals surface area contributed by atoms with E-state index in [4.69, 9.17) is 16.3 Å². The summed E-state index contributed by atoms with van der Waals surface area (Å²) >= 11 is 5.68. The molecule has 1 amide bonds. The van der Waals surface area contributed by atoms with Gasteiger partial charge in [0.2, 0.25) is 0 Å². The van der Waals surface area contributed by atoms with Crippen LogP contribution >= 0.6 is 11.6 Å². The molecule has 0 N–H and O–H groups in total. The number of likely N-dealkylation sites (N-methyl/N-ethyl adjacent to an activating group) is 1. The Bertz CT molecular complexity index is 842. The van der Waals surface area contributed by atoms with Crippen LogP contribution in [0.2, 0.25) is 5.02 Å². The molecule has 0 fully saturated rings. The van der Waals surface area contributed by atoms with Gasteiger partial charge >= 0.3 is 5.97 Å². The standard InChI is InChI=1S/C17H14ClFN2O5/c1-2-20(13-6-4-12(19)5-7-13)16(22)10-26-17(23)11-3-8-14(18)15(9-11)21(24)25/h3-9H,2,10H2,1H3. The van der Waals surface area contributed by atoms with Crippen LogP contribution in [-0.4, -0.2) is 30.0 Å². The van der Waals surface area contributed by atoms with Crippen LogP contribution in [0.25, 0.3) is 0 Å². The molecule has 9 heteroatoms. The number of benzene rings is 2. The molecule has 2 rings (SSSR count). The lowest BCUT2D eigenvalue weighted by Crippen LogP contribution is -2.34. The summed E-state index contributed by atoms with van der Waals surface area (Å²) < 4.78 is 17.9. The first-order chi connectivity index (χ1) is 12.3. The summed E-state index contributed by atoms with van der Waals surface area (Å²) in [5.41, 5.74) is -0.0789. The smallest absolute Gasteiger partial charge is 0.338 e. The third-order valence-corrected chi connectivity index (χ3v) is 3.78. The molecule has 0 aliphatic heterocycles. The van der Waals surface area contributed by atoms with E-state index < -0.39 is 34.9 Å². The van der Waals surface area contributed by atoms with Crippen LogP contribution in [0.15, 0.2) is 42.5 Å². The average Bonchev–Trinajstić information content (AvgIpc) is 2.62. The average molecular weight is 381 g/mol. The van der Waals surface area contributed by atoms with E-state index in [1.165, 1.54) is 41.3 Å². The molecule has 0 unspecified atom stereocenters. The lowest BCUT2D eigenvalue weighted by molar-refractivity contribution is -0.384. The molecule has 0 saturated carbocycles. The van der Waals surface area contributed by atoms with Gasteiger partial charge in [0.15, 0.2) is 6.61 Å². The van der Waals surface area contributed by atoms with Gasteiger partial charge in [-0.05, 0) is 43.3 Å². The zero-order chi connectivity index (χ0) is 19.3. The first-order valence-corrected chi connectivity index (χ1v) is 7.88. The molecular formula is C17H14ClFN2O5. The molecule has 26 heavy (non-hydrogen) atoms. The minimum Gasteiger partial charge on any atom is -0.452 e. The van der Waals surface area contributed by atoms with E-state index >= 15 is 0 Å². The molecule has 0 heterocycles. The van der Waals surface area contributed by atoms with E-state index in [0.717, 1.165) is 6.07 Å². The van der Waals surface area contributed by atoms with Crippen LogP contribution in [0.3, 0.4) is 0 Å². The molecule has 7 nitrogen and oxygen atoms in total. The second-order valence-corrected chi connectivity index (χ2v) is 5.52. The van der Waals surface area contributed by atoms with Crippen molar-refractivity contribution in [1.29, 1.82) is 0 Å². The number of amides is 1. The van der Waals surface area contributed by atoms with Crippen molar-refractivity contribution >= 4 is 34.9 Å². The normalized spacial score (nSPS) is 10.3. The quantitative estimate of drug-likeness (QED) is 0.434. The number of hydrogen-bond donors (Lipinski definition) is 0. The second-order valence-electron chi connectivity index (χ2n) is 5.11. The summed E-state index contributed by atoms with van der Waals surface area (Å²) in [6.07, 6.45) is 0. The van der Waals surface area contributed by atoms with Crippen LogP contribution in [0.4, 0.5) is 15.8 Å². The topological polar surface area (TPSA) is 89.8 Å². The van der Waals surface area contributed by atoms with Crippen LogP contribution in [-0.2, 0) is 9.53 Å². The number of hydrogen-bond acceptors (Lipinski definition) is 5. The van der Waals surface area contributed by atoms with Gasteiger partial charge < -0.3 is 9.64 Å². The fourth-order valence-corrected chi connectivity index (χ4v) is 2.38. The molecular weight excluding hydrogens is 367 g/mol. The zero-order valence-electron chi connectivity index (χ0n) is 13.6. The number of esters is 1. The minimum atomic E-state index is -0.895. The fourth-order valence-electron chi connectivity index (χ4n) is 2.19. The van der Waals surface area contributed by atoms with Gasteiger partial charge in [0.25, 0.3) is 11.6 Å². The van der Waals surface area contributed by atoms with Crippen LogP contribution in [0.1, 0.15) is 17.3 Å². The van der Waals surface area contributed by atoms with Gasteiger partial charge in [0, 0.05) is 18.3 Å². The summed E-state index contributed by atoms with van der Waals surface area (Å²) in [6.45, 7) is 1.43. The number of ether oxygens (including phenoxy) is 1. The third-order valence-electron chi connectivity index (χ3n) is 3.46. The van der Waals surface area contributed by atoms with E-state index in [1.807, 2.05) is 0 Å². The van der Waals surface area contributed by atoms with Crippen molar-refractivity contribution < 1.29 is 23.6 Å². The molecule has 0 saturated heterocycles. The van der Waals surface area contributed by atoms with Gasteiger partial charge in [0.05, 0.1) is 10.5 Å². The largest absolute Gasteiger partial charge is 0.452 e. The molecule has 0 bridgehead atoms. The number of carbonyl (C=O) groups is 2. The van der Waals surface area contributed by atoms with Gasteiger partial charge in [0.1, 0.15) is 10.8 Å². The Morgan fingerprint density at radius 1 is 1.23 bits per heavy atom. The maximum Gasteiger partial charge on any atom is 0.338 e. The van der Waals surface area contributed by atoms with Gasteiger partial charge in [-0.2, -0.15) is 0 Å². The van der Waals surface area contributed by atoms with Crippen molar-refractivity contribution in [1.82, 2.24) is 0 Å². The highest BCUT2D eigenvalue weighted by atomic mass is 35.5. The molecule has 0 aromatic heterocycles. The highest BCUT2D eigenvalue weighted by Crippen LogP contribution is 2.25.